The number of carbonyl (C=O) groups is 3. The predicted octanol–water partition coefficient (Wildman–Crippen LogP) is 1.66. The maximum absolute atomic E-state index is 12.1. The highest BCUT2D eigenvalue weighted by atomic mass is 16.4. The van der Waals surface area contributed by atoms with Crippen molar-refractivity contribution in [2.24, 2.45) is 0 Å². The molecule has 1 saturated carbocycles. The fourth-order valence-corrected chi connectivity index (χ4v) is 3.00. The number of anilines is 1. The Kier molecular flexibility index (Phi) is 7.36. The van der Waals surface area contributed by atoms with Gasteiger partial charge in [0.15, 0.2) is 0 Å². The lowest BCUT2D eigenvalue weighted by atomic mass is 9.85. The van der Waals surface area contributed by atoms with Crippen molar-refractivity contribution in [3.63, 3.8) is 0 Å². The molecule has 0 unspecified atom stereocenters. The van der Waals surface area contributed by atoms with Crippen molar-refractivity contribution in [3.8, 4) is 0 Å². The van der Waals surface area contributed by atoms with Gasteiger partial charge in [-0.05, 0) is 43.7 Å². The predicted molar refractivity (Wildman–Crippen MR) is 103 cm³/mol. The summed E-state index contributed by atoms with van der Waals surface area (Å²) in [4.78, 5) is 36.6. The van der Waals surface area contributed by atoms with E-state index in [1.807, 2.05) is 11.8 Å². The first-order valence-electron chi connectivity index (χ1n) is 8.95. The molecule has 0 heterocycles. The highest BCUT2D eigenvalue weighted by Gasteiger charge is 2.34. The van der Waals surface area contributed by atoms with Crippen molar-refractivity contribution in [2.75, 3.05) is 25.0 Å². The summed E-state index contributed by atoms with van der Waals surface area (Å²) >= 11 is 0. The lowest BCUT2D eigenvalue weighted by molar-refractivity contribution is -0.139. The van der Waals surface area contributed by atoms with Gasteiger partial charge in [0.2, 0.25) is 0 Å². The van der Waals surface area contributed by atoms with Crippen LogP contribution in [0.2, 0.25) is 0 Å². The molecule has 1 aliphatic carbocycles. The maximum atomic E-state index is 12.1. The van der Waals surface area contributed by atoms with Crippen LogP contribution in [0.5, 0.6) is 0 Å². The first-order valence-corrected chi connectivity index (χ1v) is 8.95. The van der Waals surface area contributed by atoms with Crippen LogP contribution >= 0.6 is 0 Å². The van der Waals surface area contributed by atoms with Gasteiger partial charge in [0, 0.05) is 29.9 Å². The summed E-state index contributed by atoms with van der Waals surface area (Å²) < 4.78 is 0. The maximum Gasteiger partial charge on any atom is 0.319 e. The highest BCUT2D eigenvalue weighted by molar-refractivity contribution is 5.95. The zero-order valence-corrected chi connectivity index (χ0v) is 15.4. The van der Waals surface area contributed by atoms with E-state index in [-0.39, 0.29) is 30.6 Å². The smallest absolute Gasteiger partial charge is 0.319 e. The van der Waals surface area contributed by atoms with Crippen molar-refractivity contribution >= 4 is 23.6 Å². The van der Waals surface area contributed by atoms with Crippen LogP contribution in [0.3, 0.4) is 0 Å². The highest BCUT2D eigenvalue weighted by Crippen LogP contribution is 2.25. The zero-order chi connectivity index (χ0) is 19.8. The number of urea groups is 1. The number of carboxylic acid groups (broad SMARTS) is 1. The van der Waals surface area contributed by atoms with Gasteiger partial charge in [-0.2, -0.15) is 0 Å². The molecule has 4 N–H and O–H groups in total. The number of benzene rings is 1. The minimum Gasteiger partial charge on any atom is -0.480 e. The van der Waals surface area contributed by atoms with Crippen molar-refractivity contribution in [2.45, 2.75) is 31.8 Å². The average Bonchev–Trinajstić information content (AvgIpc) is 2.61. The van der Waals surface area contributed by atoms with Crippen molar-refractivity contribution < 1.29 is 19.5 Å². The second kappa shape index (κ2) is 9.72. The minimum absolute atomic E-state index is 0.0206. The van der Waals surface area contributed by atoms with Crippen molar-refractivity contribution in [3.05, 3.63) is 42.5 Å². The average molecular weight is 374 g/mol. The van der Waals surface area contributed by atoms with E-state index in [4.69, 9.17) is 5.11 Å². The number of amides is 3. The van der Waals surface area contributed by atoms with E-state index in [1.165, 1.54) is 0 Å². The third-order valence-electron chi connectivity index (χ3n) is 4.52. The fourth-order valence-electron chi connectivity index (χ4n) is 3.00. The Morgan fingerprint density at radius 3 is 2.48 bits per heavy atom. The molecule has 1 aliphatic rings. The zero-order valence-electron chi connectivity index (χ0n) is 15.4. The molecule has 0 aliphatic heterocycles. The number of nitrogens with one attached hydrogen (secondary N) is 3. The number of hydrogen-bond acceptors (Lipinski definition) is 4. The monoisotopic (exact) mass is 374 g/mol. The summed E-state index contributed by atoms with van der Waals surface area (Å²) in [6.07, 6.45) is 3.07. The summed E-state index contributed by atoms with van der Waals surface area (Å²) in [6, 6.07) is 6.50. The molecule has 1 fully saturated rings. The number of aliphatic carboxylic acids is 1. The van der Waals surface area contributed by atoms with Gasteiger partial charge in [0.05, 0.1) is 6.54 Å². The van der Waals surface area contributed by atoms with Crippen LogP contribution < -0.4 is 16.0 Å². The molecule has 0 spiro atoms. The van der Waals surface area contributed by atoms with Crippen LogP contribution in [-0.4, -0.2) is 59.6 Å². The van der Waals surface area contributed by atoms with Crippen molar-refractivity contribution in [1.29, 1.82) is 0 Å². The number of rotatable bonds is 9. The van der Waals surface area contributed by atoms with Gasteiger partial charge in [0.1, 0.15) is 0 Å². The summed E-state index contributed by atoms with van der Waals surface area (Å²) in [5.74, 6) is -1.04. The number of nitrogens with zero attached hydrogens (tertiary/aromatic N) is 1. The van der Waals surface area contributed by atoms with E-state index in [1.54, 1.807) is 30.3 Å². The minimum atomic E-state index is -0.840. The third kappa shape index (κ3) is 6.10. The number of hydrogen-bond donors (Lipinski definition) is 4. The largest absolute Gasteiger partial charge is 0.480 e. The Hall–Kier alpha value is -2.87. The number of carboxylic acids is 1. The Morgan fingerprint density at radius 1 is 1.26 bits per heavy atom. The summed E-state index contributed by atoms with van der Waals surface area (Å²) in [5.41, 5.74) is 1.09. The van der Waals surface area contributed by atoms with Crippen LogP contribution in [0.15, 0.2) is 36.9 Å². The number of carbonyl (C=O) groups excluding carboxylic acids is 2. The van der Waals surface area contributed by atoms with Gasteiger partial charge in [-0.25, -0.2) is 4.79 Å². The normalized spacial score (nSPS) is 18.3. The molecule has 0 bridgehead atoms. The molecule has 0 radical (unpaired) electrons. The van der Waals surface area contributed by atoms with Crippen molar-refractivity contribution in [1.82, 2.24) is 15.5 Å². The molecule has 1 aromatic carbocycles. The molecular weight excluding hydrogens is 348 g/mol. The van der Waals surface area contributed by atoms with Crippen LogP contribution in [0, 0.1) is 0 Å². The molecule has 8 heteroatoms. The van der Waals surface area contributed by atoms with Gasteiger partial charge in [-0.1, -0.05) is 13.0 Å². The van der Waals surface area contributed by atoms with Gasteiger partial charge in [-0.3, -0.25) is 14.5 Å². The van der Waals surface area contributed by atoms with Crippen LogP contribution in [0.25, 0.3) is 0 Å². The Morgan fingerprint density at radius 2 is 1.93 bits per heavy atom. The van der Waals surface area contributed by atoms with Crippen LogP contribution in [-0.2, 0) is 4.79 Å². The summed E-state index contributed by atoms with van der Waals surface area (Å²) in [5, 5.41) is 17.2. The molecule has 146 valence electrons. The van der Waals surface area contributed by atoms with E-state index in [0.717, 1.165) is 12.8 Å². The lowest BCUT2D eigenvalue weighted by Crippen LogP contribution is -2.55. The first-order chi connectivity index (χ1) is 12.9. The molecule has 0 atom stereocenters. The van der Waals surface area contributed by atoms with Gasteiger partial charge in [0.25, 0.3) is 5.91 Å². The molecular formula is C19H26N4O4. The summed E-state index contributed by atoms with van der Waals surface area (Å²) in [6.45, 7) is 6.55. The molecule has 3 amide bonds. The topological polar surface area (TPSA) is 111 Å². The second-order valence-corrected chi connectivity index (χ2v) is 6.45. The Bertz CT molecular complexity index is 683. The molecule has 2 rings (SSSR count). The van der Waals surface area contributed by atoms with E-state index in [2.05, 4.69) is 22.5 Å². The second-order valence-electron chi connectivity index (χ2n) is 6.45. The fraction of sp³-hybridized carbons (Fsp3) is 0.421. The molecule has 27 heavy (non-hydrogen) atoms. The number of likely N-dealkylation sites (N-methyl/N-ethyl adjacent to an activating group) is 1. The molecule has 0 aromatic heterocycles. The standard InChI is InChI=1S/C19H26N4O4/c1-3-9-20-18(26)13-5-7-14(8-6-13)21-19(27)22-15-10-16(11-15)23(4-2)12-17(24)25/h3,5-8,15-16H,1,4,9-12H2,2H3,(H,20,26)(H,24,25)(H2,21,22,27). The SMILES string of the molecule is C=CCNC(=O)c1ccc(NC(=O)NC2CC(N(CC)CC(=O)O)C2)cc1. The summed E-state index contributed by atoms with van der Waals surface area (Å²) in [7, 11) is 0. The van der Waals surface area contributed by atoms with Crippen LogP contribution in [0.1, 0.15) is 30.1 Å². The Balaban J connectivity index is 1.76. The molecule has 0 saturated heterocycles. The molecule has 1 aromatic rings. The third-order valence-corrected chi connectivity index (χ3v) is 4.52. The van der Waals surface area contributed by atoms with Gasteiger partial charge >= 0.3 is 12.0 Å². The van der Waals surface area contributed by atoms with Gasteiger partial charge < -0.3 is 21.1 Å². The molecule has 8 nitrogen and oxygen atoms in total. The Labute approximate surface area is 158 Å². The van der Waals surface area contributed by atoms with Gasteiger partial charge in [-0.15, -0.1) is 6.58 Å². The first kappa shape index (κ1) is 20.4. The van der Waals surface area contributed by atoms with Crippen LogP contribution in [0.4, 0.5) is 10.5 Å². The van der Waals surface area contributed by atoms with E-state index < -0.39 is 5.97 Å². The van der Waals surface area contributed by atoms with E-state index >= 15 is 0 Å². The lowest BCUT2D eigenvalue weighted by Gasteiger charge is -2.42. The van der Waals surface area contributed by atoms with E-state index in [0.29, 0.717) is 24.3 Å². The quantitative estimate of drug-likeness (QED) is 0.491. The van der Waals surface area contributed by atoms with E-state index in [9.17, 15) is 14.4 Å².